The smallest absolute Gasteiger partial charge is 0.255 e. The monoisotopic (exact) mass is 442 g/mol. The van der Waals surface area contributed by atoms with Crippen LogP contribution < -0.4 is 20.7 Å². The molecule has 8 nitrogen and oxygen atoms in total. The van der Waals surface area contributed by atoms with Crippen molar-refractivity contribution in [1.82, 2.24) is 4.72 Å². The molecule has 164 valence electrons. The van der Waals surface area contributed by atoms with Crippen molar-refractivity contribution in [2.75, 3.05) is 29.9 Å². The molecule has 3 rings (SSSR count). The minimum Gasteiger partial charge on any atom is -0.371 e. The number of piperidine rings is 1. The molecule has 1 aliphatic heterocycles. The molecule has 0 saturated carbocycles. The Morgan fingerprint density at radius 2 is 1.68 bits per heavy atom. The van der Waals surface area contributed by atoms with E-state index in [1.165, 1.54) is 30.3 Å². The molecule has 4 N–H and O–H groups in total. The van der Waals surface area contributed by atoms with Gasteiger partial charge in [0.05, 0.1) is 4.90 Å². The summed E-state index contributed by atoms with van der Waals surface area (Å²) in [5.74, 6) is -0.636. The molecule has 0 atom stereocenters. The first-order valence-electron chi connectivity index (χ1n) is 9.96. The zero-order valence-electron chi connectivity index (χ0n) is 17.1. The number of carbonyl (C=O) groups is 2. The van der Waals surface area contributed by atoms with Crippen molar-refractivity contribution in [3.8, 4) is 0 Å². The molecular formula is C22H26N4O4S. The molecule has 0 aromatic heterocycles. The van der Waals surface area contributed by atoms with Crippen LogP contribution in [0.5, 0.6) is 0 Å². The summed E-state index contributed by atoms with van der Waals surface area (Å²) < 4.78 is 26.6. The van der Waals surface area contributed by atoms with Crippen molar-refractivity contribution < 1.29 is 18.0 Å². The van der Waals surface area contributed by atoms with Crippen LogP contribution in [0.25, 0.3) is 0 Å². The van der Waals surface area contributed by atoms with E-state index in [1.807, 2.05) is 24.3 Å². The summed E-state index contributed by atoms with van der Waals surface area (Å²) in [5, 5.41) is 2.81. The summed E-state index contributed by atoms with van der Waals surface area (Å²) in [6.07, 6.45) is 2.93. The molecule has 0 aliphatic carbocycles. The molecule has 2 aromatic rings. The maximum atomic E-state index is 12.5. The summed E-state index contributed by atoms with van der Waals surface area (Å²) in [6.45, 7) is 5.13. The van der Waals surface area contributed by atoms with E-state index in [0.717, 1.165) is 31.6 Å². The number of amides is 2. The van der Waals surface area contributed by atoms with Crippen molar-refractivity contribution in [3.63, 3.8) is 0 Å². The Morgan fingerprint density at radius 1 is 1.06 bits per heavy atom. The Bertz CT molecular complexity index is 1040. The van der Waals surface area contributed by atoms with E-state index in [-0.39, 0.29) is 29.2 Å². The molecule has 31 heavy (non-hydrogen) atoms. The number of carbonyl (C=O) groups excluding carboxylic acids is 2. The van der Waals surface area contributed by atoms with Crippen molar-refractivity contribution in [3.05, 3.63) is 66.7 Å². The van der Waals surface area contributed by atoms with E-state index in [1.54, 1.807) is 0 Å². The average Bonchev–Trinajstić information content (AvgIpc) is 2.78. The Balaban J connectivity index is 1.59. The molecule has 0 radical (unpaired) electrons. The summed E-state index contributed by atoms with van der Waals surface area (Å²) >= 11 is 0. The molecule has 9 heteroatoms. The lowest BCUT2D eigenvalue weighted by molar-refractivity contribution is -0.122. The summed E-state index contributed by atoms with van der Waals surface area (Å²) in [4.78, 5) is 26.1. The first-order valence-corrected chi connectivity index (χ1v) is 11.4. The number of rotatable bonds is 8. The van der Waals surface area contributed by atoms with Crippen LogP contribution in [0.3, 0.4) is 0 Å². The number of sulfonamides is 1. The van der Waals surface area contributed by atoms with Gasteiger partial charge >= 0.3 is 0 Å². The first-order chi connectivity index (χ1) is 14.8. The van der Waals surface area contributed by atoms with Crippen LogP contribution in [0.1, 0.15) is 23.2 Å². The number of nitrogens with one attached hydrogen (secondary N) is 2. The molecule has 1 fully saturated rings. The fourth-order valence-corrected chi connectivity index (χ4v) is 4.42. The Hall–Kier alpha value is -3.17. The largest absolute Gasteiger partial charge is 0.371 e. The average molecular weight is 443 g/mol. The normalized spacial score (nSPS) is 14.8. The van der Waals surface area contributed by atoms with Gasteiger partial charge in [-0.05, 0) is 61.4 Å². The summed E-state index contributed by atoms with van der Waals surface area (Å²) in [5.41, 5.74) is 7.37. The maximum absolute atomic E-state index is 12.5. The van der Waals surface area contributed by atoms with E-state index in [9.17, 15) is 18.0 Å². The highest BCUT2D eigenvalue weighted by Crippen LogP contribution is 2.24. The second-order valence-corrected chi connectivity index (χ2v) is 9.10. The van der Waals surface area contributed by atoms with E-state index in [4.69, 9.17) is 5.73 Å². The van der Waals surface area contributed by atoms with Crippen molar-refractivity contribution >= 4 is 33.2 Å². The number of primary amides is 1. The fraction of sp³-hybridized carbons (Fsp3) is 0.273. The zero-order valence-corrected chi connectivity index (χ0v) is 17.9. The zero-order chi connectivity index (χ0) is 22.4. The Morgan fingerprint density at radius 3 is 2.23 bits per heavy atom. The number of anilines is 2. The van der Waals surface area contributed by atoms with Gasteiger partial charge in [0.15, 0.2) is 0 Å². The SMILES string of the molecule is C=CCNS(=O)(=O)c1ccc(C(=O)Nc2ccc(N3CCC(C(N)=O)CC3)cc2)cc1. The number of benzene rings is 2. The van der Waals surface area contributed by atoms with Crippen LogP contribution >= 0.6 is 0 Å². The van der Waals surface area contributed by atoms with Gasteiger partial charge in [0.1, 0.15) is 0 Å². The lowest BCUT2D eigenvalue weighted by Gasteiger charge is -2.32. The van der Waals surface area contributed by atoms with Crippen LogP contribution in [0.4, 0.5) is 11.4 Å². The van der Waals surface area contributed by atoms with Gasteiger partial charge in [-0.1, -0.05) is 6.08 Å². The van der Waals surface area contributed by atoms with E-state index >= 15 is 0 Å². The summed E-state index contributed by atoms with van der Waals surface area (Å²) in [7, 11) is -3.63. The number of hydrogen-bond acceptors (Lipinski definition) is 5. The van der Waals surface area contributed by atoms with Gasteiger partial charge in [-0.2, -0.15) is 0 Å². The predicted octanol–water partition coefficient (Wildman–Crippen LogP) is 2.10. The molecule has 1 saturated heterocycles. The van der Waals surface area contributed by atoms with E-state index in [0.29, 0.717) is 11.3 Å². The standard InChI is InChI=1S/C22H26N4O4S/c1-2-13-24-31(29,30)20-9-3-17(4-10-20)22(28)25-18-5-7-19(8-6-18)26-14-11-16(12-15-26)21(23)27/h2-10,16,24H,1,11-15H2,(H2,23,27)(H,25,28). The molecule has 2 aromatic carbocycles. The van der Waals surface area contributed by atoms with Crippen LogP contribution in [0, 0.1) is 5.92 Å². The van der Waals surface area contributed by atoms with Gasteiger partial charge in [0, 0.05) is 42.5 Å². The van der Waals surface area contributed by atoms with Gasteiger partial charge in [-0.3, -0.25) is 9.59 Å². The number of nitrogens with zero attached hydrogens (tertiary/aromatic N) is 1. The second-order valence-electron chi connectivity index (χ2n) is 7.33. The number of hydrogen-bond donors (Lipinski definition) is 3. The molecule has 2 amide bonds. The van der Waals surface area contributed by atoms with Gasteiger partial charge in [0.25, 0.3) is 5.91 Å². The molecule has 0 bridgehead atoms. The van der Waals surface area contributed by atoms with Gasteiger partial charge < -0.3 is 16.0 Å². The van der Waals surface area contributed by atoms with Crippen molar-refractivity contribution in [2.24, 2.45) is 11.7 Å². The Kier molecular flexibility index (Phi) is 7.09. The van der Waals surface area contributed by atoms with Crippen molar-refractivity contribution in [2.45, 2.75) is 17.7 Å². The summed E-state index contributed by atoms with van der Waals surface area (Å²) in [6, 6.07) is 13.2. The van der Waals surface area contributed by atoms with E-state index in [2.05, 4.69) is 21.5 Å². The third-order valence-corrected chi connectivity index (χ3v) is 6.67. The third-order valence-electron chi connectivity index (χ3n) is 5.23. The predicted molar refractivity (Wildman–Crippen MR) is 120 cm³/mol. The minimum atomic E-state index is -3.63. The van der Waals surface area contributed by atoms with Crippen molar-refractivity contribution in [1.29, 1.82) is 0 Å². The van der Waals surface area contributed by atoms with Crippen LogP contribution in [0.15, 0.2) is 66.1 Å². The Labute approximate surface area is 182 Å². The van der Waals surface area contributed by atoms with Gasteiger partial charge in [-0.25, -0.2) is 13.1 Å². The van der Waals surface area contributed by atoms with Crippen LogP contribution in [-0.2, 0) is 14.8 Å². The third kappa shape index (κ3) is 5.71. The highest BCUT2D eigenvalue weighted by Gasteiger charge is 2.23. The minimum absolute atomic E-state index is 0.0612. The van der Waals surface area contributed by atoms with Crippen LogP contribution in [-0.4, -0.2) is 39.9 Å². The van der Waals surface area contributed by atoms with E-state index < -0.39 is 10.0 Å². The molecule has 1 heterocycles. The maximum Gasteiger partial charge on any atom is 0.255 e. The highest BCUT2D eigenvalue weighted by molar-refractivity contribution is 7.89. The molecule has 1 aliphatic rings. The highest BCUT2D eigenvalue weighted by atomic mass is 32.2. The molecule has 0 unspecified atom stereocenters. The van der Waals surface area contributed by atoms with Crippen LogP contribution in [0.2, 0.25) is 0 Å². The molecular weight excluding hydrogens is 416 g/mol. The lowest BCUT2D eigenvalue weighted by Crippen LogP contribution is -2.38. The number of nitrogens with two attached hydrogens (primary N) is 1. The fourth-order valence-electron chi connectivity index (χ4n) is 3.42. The lowest BCUT2D eigenvalue weighted by atomic mass is 9.96. The second kappa shape index (κ2) is 9.76. The first kappa shape index (κ1) is 22.5. The van der Waals surface area contributed by atoms with Gasteiger partial charge in [-0.15, -0.1) is 6.58 Å². The van der Waals surface area contributed by atoms with Gasteiger partial charge in [0.2, 0.25) is 15.9 Å². The quantitative estimate of drug-likeness (QED) is 0.541. The molecule has 0 spiro atoms. The topological polar surface area (TPSA) is 122 Å².